The molecule has 1 aromatic heterocycles. The zero-order chi connectivity index (χ0) is 11.9. The van der Waals surface area contributed by atoms with E-state index in [9.17, 15) is 0 Å². The summed E-state index contributed by atoms with van der Waals surface area (Å²) in [4.78, 5) is 3.31. The van der Waals surface area contributed by atoms with Crippen LogP contribution in [0.25, 0.3) is 10.9 Å². The van der Waals surface area contributed by atoms with Crippen LogP contribution in [0.4, 0.5) is 0 Å². The molecule has 0 atom stereocenters. The molecule has 1 aromatic carbocycles. The molecule has 3 nitrogen and oxygen atoms in total. The number of para-hydroxylation sites is 1. The molecule has 0 saturated heterocycles. The van der Waals surface area contributed by atoms with Gasteiger partial charge >= 0.3 is 0 Å². The lowest BCUT2D eigenvalue weighted by Crippen LogP contribution is -2.21. The van der Waals surface area contributed by atoms with Crippen molar-refractivity contribution in [1.82, 2.24) is 15.6 Å². The largest absolute Gasteiger partial charge is 0.361 e. The Morgan fingerprint density at radius 1 is 1.12 bits per heavy atom. The van der Waals surface area contributed by atoms with E-state index < -0.39 is 0 Å². The molecule has 1 heterocycles. The van der Waals surface area contributed by atoms with E-state index in [2.05, 4.69) is 46.1 Å². The summed E-state index contributed by atoms with van der Waals surface area (Å²) in [6.45, 7) is 3.22. The minimum absolute atomic E-state index is 1.05. The summed E-state index contributed by atoms with van der Waals surface area (Å²) in [7, 11) is 1.99. The van der Waals surface area contributed by atoms with Gasteiger partial charge in [0.25, 0.3) is 0 Å². The van der Waals surface area contributed by atoms with E-state index in [-0.39, 0.29) is 0 Å². The van der Waals surface area contributed by atoms with E-state index in [0.29, 0.717) is 0 Å². The van der Waals surface area contributed by atoms with Gasteiger partial charge < -0.3 is 15.6 Å². The summed E-state index contributed by atoms with van der Waals surface area (Å²) in [5.74, 6) is 0. The Hall–Kier alpha value is -1.32. The van der Waals surface area contributed by atoms with Crippen LogP contribution in [0.15, 0.2) is 30.5 Å². The lowest BCUT2D eigenvalue weighted by molar-refractivity contribution is 0.625. The highest BCUT2D eigenvalue weighted by molar-refractivity contribution is 5.83. The molecule has 17 heavy (non-hydrogen) atoms. The summed E-state index contributed by atoms with van der Waals surface area (Å²) in [5, 5.41) is 7.97. The van der Waals surface area contributed by atoms with Crippen LogP contribution < -0.4 is 10.6 Å². The fraction of sp³-hybridized carbons (Fsp3) is 0.429. The second-order valence-electron chi connectivity index (χ2n) is 4.32. The summed E-state index contributed by atoms with van der Waals surface area (Å²) in [5.41, 5.74) is 2.64. The normalized spacial score (nSPS) is 11.1. The lowest BCUT2D eigenvalue weighted by Gasteiger charge is -2.03. The molecule has 0 bridgehead atoms. The van der Waals surface area contributed by atoms with Crippen LogP contribution in [0.1, 0.15) is 12.0 Å². The molecular formula is C14H21N3. The highest BCUT2D eigenvalue weighted by Gasteiger charge is 2.01. The summed E-state index contributed by atoms with van der Waals surface area (Å²) >= 11 is 0. The van der Waals surface area contributed by atoms with Crippen LogP contribution in [-0.2, 0) is 6.42 Å². The Labute approximate surface area is 103 Å². The molecule has 3 heteroatoms. The van der Waals surface area contributed by atoms with Crippen molar-refractivity contribution in [2.24, 2.45) is 0 Å². The van der Waals surface area contributed by atoms with E-state index in [4.69, 9.17) is 0 Å². The van der Waals surface area contributed by atoms with Crippen molar-refractivity contribution in [1.29, 1.82) is 0 Å². The first-order chi connectivity index (χ1) is 8.42. The highest BCUT2D eigenvalue weighted by atomic mass is 14.9. The molecule has 2 rings (SSSR count). The molecule has 0 spiro atoms. The number of aromatic nitrogens is 1. The number of benzene rings is 1. The molecule has 0 aliphatic rings. The third-order valence-electron chi connectivity index (χ3n) is 3.03. The van der Waals surface area contributed by atoms with Gasteiger partial charge in [-0.05, 0) is 51.2 Å². The van der Waals surface area contributed by atoms with Crippen LogP contribution in [0.3, 0.4) is 0 Å². The molecule has 2 aromatic rings. The van der Waals surface area contributed by atoms with Gasteiger partial charge in [-0.3, -0.25) is 0 Å². The van der Waals surface area contributed by atoms with Crippen molar-refractivity contribution >= 4 is 10.9 Å². The van der Waals surface area contributed by atoms with Crippen molar-refractivity contribution in [3.05, 3.63) is 36.0 Å². The Morgan fingerprint density at radius 3 is 2.88 bits per heavy atom. The summed E-state index contributed by atoms with van der Waals surface area (Å²) < 4.78 is 0. The Morgan fingerprint density at radius 2 is 2.00 bits per heavy atom. The fourth-order valence-electron chi connectivity index (χ4n) is 2.08. The van der Waals surface area contributed by atoms with Crippen LogP contribution in [0.2, 0.25) is 0 Å². The van der Waals surface area contributed by atoms with E-state index in [0.717, 1.165) is 26.1 Å². The highest BCUT2D eigenvalue weighted by Crippen LogP contribution is 2.17. The maximum atomic E-state index is 3.47. The van der Waals surface area contributed by atoms with Gasteiger partial charge in [0.15, 0.2) is 0 Å². The average molecular weight is 231 g/mol. The second-order valence-corrected chi connectivity index (χ2v) is 4.32. The topological polar surface area (TPSA) is 39.8 Å². The first kappa shape index (κ1) is 12.1. The number of rotatable bonds is 7. The van der Waals surface area contributed by atoms with Crippen molar-refractivity contribution in [3.63, 3.8) is 0 Å². The Balaban J connectivity index is 1.79. The van der Waals surface area contributed by atoms with Gasteiger partial charge in [0, 0.05) is 17.1 Å². The lowest BCUT2D eigenvalue weighted by atomic mass is 10.1. The monoisotopic (exact) mass is 231 g/mol. The first-order valence-corrected chi connectivity index (χ1v) is 6.32. The van der Waals surface area contributed by atoms with Gasteiger partial charge in [-0.2, -0.15) is 0 Å². The molecule has 3 N–H and O–H groups in total. The third-order valence-corrected chi connectivity index (χ3v) is 3.03. The van der Waals surface area contributed by atoms with Crippen molar-refractivity contribution in [3.8, 4) is 0 Å². The summed E-state index contributed by atoms with van der Waals surface area (Å²) in [6.07, 6.45) is 4.40. The maximum absolute atomic E-state index is 3.47. The van der Waals surface area contributed by atoms with Crippen LogP contribution in [0, 0.1) is 0 Å². The first-order valence-electron chi connectivity index (χ1n) is 6.32. The third kappa shape index (κ3) is 3.32. The standard InChI is InChI=1S/C14H21N3/c1-15-8-4-9-16-10-7-12-11-17-14-6-3-2-5-13(12)14/h2-3,5-6,11,15-17H,4,7-10H2,1H3. The minimum atomic E-state index is 1.05. The van der Waals surface area contributed by atoms with Gasteiger partial charge in [-0.25, -0.2) is 0 Å². The predicted octanol–water partition coefficient (Wildman–Crippen LogP) is 1.91. The molecule has 0 radical (unpaired) electrons. The number of H-pyrrole nitrogens is 1. The van der Waals surface area contributed by atoms with Crippen LogP contribution in [-0.4, -0.2) is 31.7 Å². The van der Waals surface area contributed by atoms with Crippen LogP contribution >= 0.6 is 0 Å². The van der Waals surface area contributed by atoms with Gasteiger partial charge in [0.1, 0.15) is 0 Å². The zero-order valence-corrected chi connectivity index (χ0v) is 10.4. The van der Waals surface area contributed by atoms with Crippen molar-refractivity contribution in [2.45, 2.75) is 12.8 Å². The molecule has 0 unspecified atom stereocenters. The second kappa shape index (κ2) is 6.42. The predicted molar refractivity (Wildman–Crippen MR) is 73.4 cm³/mol. The molecule has 0 aliphatic heterocycles. The average Bonchev–Trinajstić information content (AvgIpc) is 2.77. The molecule has 0 saturated carbocycles. The van der Waals surface area contributed by atoms with Crippen molar-refractivity contribution < 1.29 is 0 Å². The number of aromatic amines is 1. The maximum Gasteiger partial charge on any atom is 0.0456 e. The van der Waals surface area contributed by atoms with Gasteiger partial charge in [0.05, 0.1) is 0 Å². The van der Waals surface area contributed by atoms with E-state index in [1.165, 1.54) is 22.9 Å². The quantitative estimate of drug-likeness (QED) is 0.637. The number of nitrogens with one attached hydrogen (secondary N) is 3. The fourth-order valence-corrected chi connectivity index (χ4v) is 2.08. The van der Waals surface area contributed by atoms with Crippen LogP contribution in [0.5, 0.6) is 0 Å². The molecule has 0 aliphatic carbocycles. The molecule has 0 amide bonds. The van der Waals surface area contributed by atoms with Gasteiger partial charge in [-0.1, -0.05) is 18.2 Å². The minimum Gasteiger partial charge on any atom is -0.361 e. The summed E-state index contributed by atoms with van der Waals surface area (Å²) in [6, 6.07) is 8.47. The zero-order valence-electron chi connectivity index (χ0n) is 10.4. The van der Waals surface area contributed by atoms with Crippen molar-refractivity contribution in [2.75, 3.05) is 26.7 Å². The SMILES string of the molecule is CNCCCNCCc1c[nH]c2ccccc12. The molecular weight excluding hydrogens is 210 g/mol. The number of fused-ring (bicyclic) bond motifs is 1. The number of hydrogen-bond acceptors (Lipinski definition) is 2. The molecule has 92 valence electrons. The number of hydrogen-bond donors (Lipinski definition) is 3. The Bertz CT molecular complexity index is 447. The van der Waals surface area contributed by atoms with Gasteiger partial charge in [0.2, 0.25) is 0 Å². The van der Waals surface area contributed by atoms with Gasteiger partial charge in [-0.15, -0.1) is 0 Å². The van der Waals surface area contributed by atoms with E-state index >= 15 is 0 Å². The Kier molecular flexibility index (Phi) is 4.59. The van der Waals surface area contributed by atoms with E-state index in [1.54, 1.807) is 0 Å². The smallest absolute Gasteiger partial charge is 0.0456 e. The molecule has 0 fully saturated rings. The van der Waals surface area contributed by atoms with E-state index in [1.807, 2.05) is 7.05 Å².